The highest BCUT2D eigenvalue weighted by atomic mass is 79.9. The van der Waals surface area contributed by atoms with Crippen molar-refractivity contribution < 1.29 is 9.13 Å². The number of unbranched alkanes of at least 4 members (excludes halogenated alkanes) is 7. The van der Waals surface area contributed by atoms with E-state index in [0.717, 1.165) is 0 Å². The molecular weight excluding hydrogens is 452 g/mol. The Morgan fingerprint density at radius 3 is 1.12 bits per heavy atom. The molecule has 0 aromatic carbocycles. The van der Waals surface area contributed by atoms with Crippen molar-refractivity contribution in [3.05, 3.63) is 61.2 Å². The number of hydrogen-bond donors (Lipinski definition) is 0. The van der Waals surface area contributed by atoms with Gasteiger partial charge in [-0.25, -0.2) is 0 Å². The van der Waals surface area contributed by atoms with Gasteiger partial charge in [0, 0.05) is 37.1 Å². The van der Waals surface area contributed by atoms with Crippen molar-refractivity contribution >= 4 is 31.9 Å². The minimum Gasteiger partial charge on any atom is -0.192 e. The van der Waals surface area contributed by atoms with Gasteiger partial charge in [0.2, 0.25) is 9.90 Å². The van der Waals surface area contributed by atoms with Crippen molar-refractivity contribution in [3.8, 4) is 0 Å². The van der Waals surface area contributed by atoms with E-state index < -0.39 is 0 Å². The molecule has 0 saturated heterocycles. The van der Waals surface area contributed by atoms with E-state index in [1.807, 2.05) is 0 Å². The first-order valence-corrected chi connectivity index (χ1v) is 11.8. The molecule has 4 heteroatoms. The van der Waals surface area contributed by atoms with Gasteiger partial charge in [-0.2, -0.15) is 9.13 Å². The summed E-state index contributed by atoms with van der Waals surface area (Å²) in [6.07, 6.45) is 21.8. The second kappa shape index (κ2) is 13.4. The molecule has 0 bridgehead atoms. The predicted molar refractivity (Wildman–Crippen MR) is 115 cm³/mol. The monoisotopic (exact) mass is 482 g/mol. The lowest BCUT2D eigenvalue weighted by Gasteiger charge is -2.06. The summed E-state index contributed by atoms with van der Waals surface area (Å²) in [6.45, 7) is 0. The molecule has 0 aliphatic heterocycles. The van der Waals surface area contributed by atoms with Crippen LogP contribution >= 0.6 is 31.9 Å². The molecule has 2 atom stereocenters. The molecule has 2 rings (SSSR count). The number of aromatic nitrogens is 2. The third kappa shape index (κ3) is 8.77. The number of nitrogens with zero attached hydrogens (tertiary/aromatic N) is 2. The molecule has 0 amide bonds. The number of alkyl halides is 2. The van der Waals surface area contributed by atoms with Gasteiger partial charge in [-0.15, -0.1) is 0 Å². The quantitative estimate of drug-likeness (QED) is 0.171. The summed E-state index contributed by atoms with van der Waals surface area (Å²) in [5, 5.41) is 0. The molecule has 2 aromatic heterocycles. The van der Waals surface area contributed by atoms with E-state index in [9.17, 15) is 0 Å². The minimum atomic E-state index is 0.434. The number of halogens is 2. The minimum absolute atomic E-state index is 0.434. The first kappa shape index (κ1) is 21.6. The Bertz CT molecular complexity index is 524. The molecule has 0 spiro atoms. The zero-order valence-electron chi connectivity index (χ0n) is 15.6. The molecule has 0 aliphatic rings. The molecule has 0 radical (unpaired) electrons. The van der Waals surface area contributed by atoms with Gasteiger partial charge in [0.1, 0.15) is 0 Å². The largest absolute Gasteiger partial charge is 0.211 e. The van der Waals surface area contributed by atoms with Crippen LogP contribution in [0.3, 0.4) is 0 Å². The predicted octanol–water partition coefficient (Wildman–Crippen LogP) is 6.65. The van der Waals surface area contributed by atoms with Crippen LogP contribution < -0.4 is 9.13 Å². The summed E-state index contributed by atoms with van der Waals surface area (Å²) < 4.78 is 4.48. The van der Waals surface area contributed by atoms with Crippen molar-refractivity contribution in [2.45, 2.75) is 74.1 Å². The fourth-order valence-corrected chi connectivity index (χ4v) is 4.38. The number of pyridine rings is 2. The van der Waals surface area contributed by atoms with Gasteiger partial charge in [0.25, 0.3) is 0 Å². The number of rotatable bonds is 13. The second-order valence-electron chi connectivity index (χ2n) is 6.92. The number of hydrogen-bond acceptors (Lipinski definition) is 0. The van der Waals surface area contributed by atoms with Crippen molar-refractivity contribution in [2.24, 2.45) is 0 Å². The van der Waals surface area contributed by atoms with Gasteiger partial charge in [-0.05, 0) is 44.7 Å². The van der Waals surface area contributed by atoms with Gasteiger partial charge < -0.3 is 0 Å². The van der Waals surface area contributed by atoms with Gasteiger partial charge in [-0.3, -0.25) is 0 Å². The summed E-state index contributed by atoms with van der Waals surface area (Å²) in [7, 11) is 0. The van der Waals surface area contributed by atoms with Crippen molar-refractivity contribution in [1.82, 2.24) is 0 Å². The van der Waals surface area contributed by atoms with Crippen molar-refractivity contribution in [1.29, 1.82) is 0 Å². The molecule has 0 fully saturated rings. The first-order chi connectivity index (χ1) is 12.8. The molecule has 26 heavy (non-hydrogen) atoms. The van der Waals surface area contributed by atoms with Crippen LogP contribution in [0.5, 0.6) is 0 Å². The van der Waals surface area contributed by atoms with Crippen LogP contribution in [0.4, 0.5) is 0 Å². The average molecular weight is 484 g/mol. The van der Waals surface area contributed by atoms with E-state index in [0.29, 0.717) is 9.90 Å². The topological polar surface area (TPSA) is 7.76 Å². The maximum atomic E-state index is 3.78. The molecule has 0 N–H and O–H groups in total. The van der Waals surface area contributed by atoms with Crippen LogP contribution in [0.25, 0.3) is 0 Å². The summed E-state index contributed by atoms with van der Waals surface area (Å²) in [4.78, 5) is 0.867. The van der Waals surface area contributed by atoms with E-state index in [4.69, 9.17) is 0 Å². The zero-order valence-corrected chi connectivity index (χ0v) is 18.8. The standard InChI is InChI=1S/C22H32Br2N2/c23-21(25-17-11-7-12-18-25)15-9-5-3-1-2-4-6-10-16-22(24)26-19-13-8-14-20-26/h7-8,11-14,17-22H,1-6,9-10,15-16H2/q+2. The molecule has 0 saturated carbocycles. The van der Waals surface area contributed by atoms with Gasteiger partial charge >= 0.3 is 0 Å². The Balaban J connectivity index is 1.40. The molecule has 142 valence electrons. The van der Waals surface area contributed by atoms with E-state index in [-0.39, 0.29) is 0 Å². The van der Waals surface area contributed by atoms with Crippen molar-refractivity contribution in [2.75, 3.05) is 0 Å². The van der Waals surface area contributed by atoms with Crippen LogP contribution in [0.15, 0.2) is 61.2 Å². The molecule has 2 nitrogen and oxygen atoms in total. The lowest BCUT2D eigenvalue weighted by Crippen LogP contribution is -2.34. The SMILES string of the molecule is BrC(CCCCCCCCCCC(Br)[n+]1ccccc1)[n+]1ccccc1. The molecule has 2 aromatic rings. The average Bonchev–Trinajstić information content (AvgIpc) is 2.70. The van der Waals surface area contributed by atoms with Crippen LogP contribution in [-0.4, -0.2) is 0 Å². The fraction of sp³-hybridized carbons (Fsp3) is 0.545. The Labute approximate surface area is 175 Å². The van der Waals surface area contributed by atoms with Gasteiger partial charge in [-0.1, -0.05) is 50.7 Å². The van der Waals surface area contributed by atoms with E-state index >= 15 is 0 Å². The highest BCUT2D eigenvalue weighted by molar-refractivity contribution is 9.09. The maximum absolute atomic E-state index is 3.78. The van der Waals surface area contributed by atoms with E-state index in [2.05, 4.69) is 102 Å². The first-order valence-electron chi connectivity index (χ1n) is 9.97. The van der Waals surface area contributed by atoms with Crippen LogP contribution in [0.2, 0.25) is 0 Å². The molecule has 0 aliphatic carbocycles. The van der Waals surface area contributed by atoms with E-state index in [1.165, 1.54) is 64.2 Å². The smallest absolute Gasteiger partial charge is 0.192 e. The third-order valence-electron chi connectivity index (χ3n) is 4.76. The van der Waals surface area contributed by atoms with E-state index in [1.54, 1.807) is 0 Å². The summed E-state index contributed by atoms with van der Waals surface area (Å²) in [6, 6.07) is 12.5. The Morgan fingerprint density at radius 1 is 0.462 bits per heavy atom. The normalized spacial score (nSPS) is 13.5. The summed E-state index contributed by atoms with van der Waals surface area (Å²) in [5.41, 5.74) is 0. The molecular formula is C22H32Br2N2+2. The Morgan fingerprint density at radius 2 is 0.769 bits per heavy atom. The highest BCUT2D eigenvalue weighted by Crippen LogP contribution is 2.19. The summed E-state index contributed by atoms with van der Waals surface area (Å²) >= 11 is 7.57. The lowest BCUT2D eigenvalue weighted by atomic mass is 10.1. The Hall–Kier alpha value is -0.740. The third-order valence-corrected chi connectivity index (χ3v) is 6.62. The van der Waals surface area contributed by atoms with Crippen molar-refractivity contribution in [3.63, 3.8) is 0 Å². The fourth-order valence-electron chi connectivity index (χ4n) is 3.18. The Kier molecular flexibility index (Phi) is 11.1. The van der Waals surface area contributed by atoms with Gasteiger partial charge in [0.15, 0.2) is 24.8 Å². The second-order valence-corrected chi connectivity index (χ2v) is 9.03. The van der Waals surface area contributed by atoms with Crippen LogP contribution in [0.1, 0.15) is 74.1 Å². The summed E-state index contributed by atoms with van der Waals surface area (Å²) in [5.74, 6) is 0. The molecule has 2 heterocycles. The van der Waals surface area contributed by atoms with Gasteiger partial charge in [0.05, 0.1) is 0 Å². The maximum Gasteiger partial charge on any atom is 0.211 e. The highest BCUT2D eigenvalue weighted by Gasteiger charge is 2.13. The van der Waals surface area contributed by atoms with Crippen LogP contribution in [0, 0.1) is 0 Å². The zero-order chi connectivity index (χ0) is 18.5. The lowest BCUT2D eigenvalue weighted by molar-refractivity contribution is -0.698. The molecule has 2 unspecified atom stereocenters. The van der Waals surface area contributed by atoms with Crippen LogP contribution in [-0.2, 0) is 0 Å².